The van der Waals surface area contributed by atoms with Gasteiger partial charge < -0.3 is 10.0 Å². The van der Waals surface area contributed by atoms with Gasteiger partial charge in [0.15, 0.2) is 5.78 Å². The number of amides is 1. The molecule has 6 heteroatoms. The van der Waals surface area contributed by atoms with E-state index in [1.54, 1.807) is 13.8 Å². The number of hydrogen-bond acceptors (Lipinski definition) is 3. The van der Waals surface area contributed by atoms with Gasteiger partial charge in [-0.15, -0.1) is 0 Å². The molecule has 5 nitrogen and oxygen atoms in total. The normalized spacial score (nSPS) is 12.3. The summed E-state index contributed by atoms with van der Waals surface area (Å²) >= 11 is 0. The Morgan fingerprint density at radius 2 is 1.38 bits per heavy atom. The second kappa shape index (κ2) is 11.4. The van der Waals surface area contributed by atoms with E-state index in [1.807, 2.05) is 0 Å². The zero-order chi connectivity index (χ0) is 27.3. The van der Waals surface area contributed by atoms with Gasteiger partial charge in [-0.1, -0.05) is 84.9 Å². The fourth-order valence-corrected chi connectivity index (χ4v) is 3.33. The maximum atomic E-state index is 12.0. The monoisotopic (exact) mass is 469 g/mol. The summed E-state index contributed by atoms with van der Waals surface area (Å²) in [6.07, 6.45) is -0.0751. The van der Waals surface area contributed by atoms with Crippen LogP contribution in [0, 0.1) is 10.8 Å². The number of Topliss-reactive ketones (excluding diaryl/α,β-unsaturated/α-hetero) is 1. The number of ketones is 1. The minimum atomic E-state index is -1.49. The predicted octanol–water partition coefficient (Wildman–Crippen LogP) is 5.50. The largest absolute Gasteiger partial charge is 0.481 e. The van der Waals surface area contributed by atoms with E-state index in [-0.39, 0.29) is 29.6 Å². The van der Waals surface area contributed by atoms with E-state index in [0.717, 1.165) is 0 Å². The van der Waals surface area contributed by atoms with Crippen molar-refractivity contribution < 1.29 is 19.5 Å². The highest BCUT2D eigenvalue weighted by Crippen LogP contribution is 2.37. The van der Waals surface area contributed by atoms with E-state index in [2.05, 4.69) is 72.4 Å². The van der Waals surface area contributed by atoms with Crippen molar-refractivity contribution in [3.63, 3.8) is 0 Å². The van der Waals surface area contributed by atoms with E-state index >= 15 is 0 Å². The highest BCUT2D eigenvalue weighted by Gasteiger charge is 2.41. The Morgan fingerprint density at radius 1 is 0.941 bits per heavy atom. The van der Waals surface area contributed by atoms with Crippen LogP contribution in [0.15, 0.2) is 36.4 Å². The molecule has 0 bridgehead atoms. The van der Waals surface area contributed by atoms with Gasteiger partial charge in [-0.3, -0.25) is 14.4 Å². The van der Waals surface area contributed by atoms with E-state index in [9.17, 15) is 14.4 Å². The number of nitrogens with zero attached hydrogens (tertiary/aromatic N) is 1. The first kappa shape index (κ1) is 31.6. The third kappa shape index (κ3) is 7.85. The van der Waals surface area contributed by atoms with Crippen LogP contribution in [0.4, 0.5) is 0 Å². The summed E-state index contributed by atoms with van der Waals surface area (Å²) in [4.78, 5) is 36.2. The molecule has 188 valence electrons. The maximum absolute atomic E-state index is 12.0. The fraction of sp³-hybridized carbons (Fsp3) is 0.607. The fourth-order valence-electron chi connectivity index (χ4n) is 3.33. The molecule has 1 N–H and O–H groups in total. The first-order chi connectivity index (χ1) is 15.1. The molecule has 0 saturated carbocycles. The topological polar surface area (TPSA) is 74.7 Å². The van der Waals surface area contributed by atoms with Crippen LogP contribution in [0.3, 0.4) is 0 Å². The maximum Gasteiger partial charge on any atom is 0.316 e. The average molecular weight is 469 g/mol. The number of carboxylic acid groups (broad SMARTS) is 1. The zero-order valence-corrected chi connectivity index (χ0v) is 23.1. The van der Waals surface area contributed by atoms with Gasteiger partial charge in [-0.2, -0.15) is 0 Å². The van der Waals surface area contributed by atoms with E-state index in [4.69, 9.17) is 13.0 Å². The third-order valence-electron chi connectivity index (χ3n) is 6.51. The van der Waals surface area contributed by atoms with Crippen LogP contribution in [0.2, 0.25) is 0 Å². The van der Waals surface area contributed by atoms with Crippen molar-refractivity contribution in [1.82, 2.24) is 4.90 Å². The molecular formula is C28H44BNO4. The molecule has 1 aromatic rings. The molecule has 0 fully saturated rings. The van der Waals surface area contributed by atoms with Crippen LogP contribution in [0.25, 0.3) is 0 Å². The minimum absolute atomic E-state index is 0.0455. The van der Waals surface area contributed by atoms with Crippen molar-refractivity contribution in [3.05, 3.63) is 47.5 Å². The Hall–Kier alpha value is -2.37. The summed E-state index contributed by atoms with van der Waals surface area (Å²) < 4.78 is 0. The Bertz CT molecular complexity index is 907. The molecule has 0 aromatic heterocycles. The SMILES string of the molecule is C=C(C)C(C)(C)c1ccccc1C(C)(C)C.[B]CN(C)C(=O)C(C)(C)CC(=O)C(C)(C)C(=O)O. The van der Waals surface area contributed by atoms with E-state index in [0.29, 0.717) is 0 Å². The number of rotatable bonds is 8. The summed E-state index contributed by atoms with van der Waals surface area (Å²) in [6.45, 7) is 23.4. The summed E-state index contributed by atoms with van der Waals surface area (Å²) in [5, 5.41) is 8.97. The van der Waals surface area contributed by atoms with Crippen LogP contribution in [-0.2, 0) is 25.2 Å². The van der Waals surface area contributed by atoms with Crippen LogP contribution in [0.5, 0.6) is 0 Å². The van der Waals surface area contributed by atoms with Gasteiger partial charge in [0, 0.05) is 18.9 Å². The van der Waals surface area contributed by atoms with Crippen LogP contribution < -0.4 is 0 Å². The molecule has 0 saturated heterocycles. The summed E-state index contributed by atoms with van der Waals surface area (Å²) in [7, 11) is 6.90. The Morgan fingerprint density at radius 3 is 1.74 bits per heavy atom. The molecule has 0 spiro atoms. The Kier molecular flexibility index (Phi) is 10.6. The Balaban J connectivity index is 0.000000644. The molecular weight excluding hydrogens is 425 g/mol. The molecule has 0 aliphatic rings. The first-order valence-corrected chi connectivity index (χ1v) is 11.6. The highest BCUT2D eigenvalue weighted by atomic mass is 16.4. The van der Waals surface area contributed by atoms with Gasteiger partial charge >= 0.3 is 5.97 Å². The van der Waals surface area contributed by atoms with Gasteiger partial charge in [0.1, 0.15) is 5.41 Å². The molecule has 0 unspecified atom stereocenters. The molecule has 0 aliphatic carbocycles. The lowest BCUT2D eigenvalue weighted by Crippen LogP contribution is -2.43. The van der Waals surface area contributed by atoms with Crippen LogP contribution >= 0.6 is 0 Å². The highest BCUT2D eigenvalue weighted by molar-refractivity contribution is 6.10. The van der Waals surface area contributed by atoms with Crippen molar-refractivity contribution in [2.45, 2.75) is 86.5 Å². The second-order valence-corrected chi connectivity index (χ2v) is 11.8. The average Bonchev–Trinajstić information content (AvgIpc) is 2.71. The van der Waals surface area contributed by atoms with Gasteiger partial charge in [-0.25, -0.2) is 0 Å². The standard InChI is InChI=1S/C16H24.C12H20BNO4/c1-12(2)16(6,7)14-11-9-8-10-13(14)15(3,4)5;1-11(2,9(16)14(5)7-13)6-8(15)12(3,4)10(17)18/h8-11H,1H2,2-7H3;6-7H2,1-5H3,(H,17,18). The lowest BCUT2D eigenvalue weighted by Gasteiger charge is -2.33. The number of benzene rings is 1. The molecule has 0 heterocycles. The molecule has 0 atom stereocenters. The lowest BCUT2D eigenvalue weighted by atomic mass is 9.71. The quantitative estimate of drug-likeness (QED) is 0.310. The third-order valence-corrected chi connectivity index (χ3v) is 6.51. The molecule has 1 amide bonds. The predicted molar refractivity (Wildman–Crippen MR) is 141 cm³/mol. The minimum Gasteiger partial charge on any atom is -0.481 e. The summed E-state index contributed by atoms with van der Waals surface area (Å²) in [6, 6.07) is 8.71. The number of carbonyl (C=O) groups is 3. The van der Waals surface area contributed by atoms with Gasteiger partial charge in [0.2, 0.25) is 5.91 Å². The van der Waals surface area contributed by atoms with Gasteiger partial charge in [-0.05, 0) is 43.8 Å². The Labute approximate surface area is 208 Å². The molecule has 1 aromatic carbocycles. The smallest absolute Gasteiger partial charge is 0.316 e. The number of allylic oxidation sites excluding steroid dienone is 1. The van der Waals surface area contributed by atoms with Crippen LogP contribution in [0.1, 0.15) is 86.8 Å². The second-order valence-electron chi connectivity index (χ2n) is 11.8. The van der Waals surface area contributed by atoms with Crippen molar-refractivity contribution >= 4 is 25.5 Å². The van der Waals surface area contributed by atoms with Gasteiger partial charge in [0.25, 0.3) is 0 Å². The number of hydrogen-bond donors (Lipinski definition) is 1. The van der Waals surface area contributed by atoms with Crippen molar-refractivity contribution in [1.29, 1.82) is 0 Å². The molecule has 1 rings (SSSR count). The number of carbonyl (C=O) groups excluding carboxylic acids is 2. The van der Waals surface area contributed by atoms with E-state index < -0.39 is 22.6 Å². The number of aliphatic carboxylic acids is 1. The lowest BCUT2D eigenvalue weighted by molar-refractivity contribution is -0.155. The van der Waals surface area contributed by atoms with Crippen molar-refractivity contribution in [3.8, 4) is 0 Å². The van der Waals surface area contributed by atoms with Crippen LogP contribution in [-0.4, -0.2) is 49.0 Å². The molecule has 34 heavy (non-hydrogen) atoms. The summed E-state index contributed by atoms with van der Waals surface area (Å²) in [5.74, 6) is -1.94. The number of carboxylic acids is 1. The first-order valence-electron chi connectivity index (χ1n) is 11.6. The molecule has 2 radical (unpaired) electrons. The summed E-state index contributed by atoms with van der Waals surface area (Å²) in [5.41, 5.74) is 1.81. The van der Waals surface area contributed by atoms with Crippen molar-refractivity contribution in [2.24, 2.45) is 10.8 Å². The molecule has 0 aliphatic heterocycles. The zero-order valence-electron chi connectivity index (χ0n) is 23.1. The van der Waals surface area contributed by atoms with Gasteiger partial charge in [0.05, 0.1) is 13.3 Å². The van der Waals surface area contributed by atoms with Crippen molar-refractivity contribution in [2.75, 3.05) is 13.5 Å². The van der Waals surface area contributed by atoms with E-state index in [1.165, 1.54) is 42.5 Å².